The van der Waals surface area contributed by atoms with Gasteiger partial charge >= 0.3 is 0 Å². The van der Waals surface area contributed by atoms with Gasteiger partial charge in [-0.2, -0.15) is 0 Å². The molecule has 0 radical (unpaired) electrons. The largest absolute Gasteiger partial charge is 0.358 e. The molecule has 2 fully saturated rings. The second kappa shape index (κ2) is 10.5. The minimum atomic E-state index is -0.845. The van der Waals surface area contributed by atoms with Gasteiger partial charge in [-0.25, -0.2) is 0 Å². The van der Waals surface area contributed by atoms with Crippen molar-refractivity contribution in [2.75, 3.05) is 6.61 Å². The maximum Gasteiger partial charge on any atom is 0.164 e. The molecule has 0 unspecified atom stereocenters. The van der Waals surface area contributed by atoms with Gasteiger partial charge in [0.1, 0.15) is 23.9 Å². The van der Waals surface area contributed by atoms with E-state index in [1.807, 2.05) is 32.0 Å². The number of rotatable bonds is 7. The van der Waals surface area contributed by atoms with Crippen molar-refractivity contribution in [1.29, 1.82) is 0 Å². The molecule has 1 aromatic heterocycles. The molecule has 5 nitrogen and oxygen atoms in total. The first-order valence-electron chi connectivity index (χ1n) is 14.0. The molecule has 0 aliphatic carbocycles. The van der Waals surface area contributed by atoms with E-state index in [1.165, 1.54) is 0 Å². The van der Waals surface area contributed by atoms with Crippen LogP contribution in [0.25, 0.3) is 10.9 Å². The zero-order valence-electron chi connectivity index (χ0n) is 23.0. The third-order valence-electron chi connectivity index (χ3n) is 8.09. The van der Waals surface area contributed by atoms with Gasteiger partial charge in [0.05, 0.1) is 12.1 Å². The highest BCUT2D eigenvalue weighted by Crippen LogP contribution is 2.46. The van der Waals surface area contributed by atoms with Gasteiger partial charge in [0.15, 0.2) is 12.0 Å². The molecular weight excluding hydrogens is 578 g/mol. The fourth-order valence-electron chi connectivity index (χ4n) is 6.35. The molecule has 0 spiro atoms. The van der Waals surface area contributed by atoms with Gasteiger partial charge in [0.2, 0.25) is 0 Å². The van der Waals surface area contributed by atoms with E-state index in [9.17, 15) is 0 Å². The van der Waals surface area contributed by atoms with Crippen molar-refractivity contribution in [3.63, 3.8) is 0 Å². The second-order valence-electron chi connectivity index (χ2n) is 11.1. The van der Waals surface area contributed by atoms with Gasteiger partial charge in [0, 0.05) is 16.1 Å². The second-order valence-corrected chi connectivity index (χ2v) is 12.1. The number of halogens is 1. The van der Waals surface area contributed by atoms with Crippen LogP contribution in [0.5, 0.6) is 0 Å². The molecule has 2 saturated heterocycles. The third kappa shape index (κ3) is 4.74. The average Bonchev–Trinajstić information content (AvgIpc) is 3.65. The highest BCUT2D eigenvalue weighted by atomic mass is 79.9. The maximum absolute atomic E-state index is 7.14. The van der Waals surface area contributed by atoms with Crippen LogP contribution in [0, 0.1) is 0 Å². The number of benzene rings is 4. The lowest BCUT2D eigenvalue weighted by Crippen LogP contribution is -2.39. The Morgan fingerprint density at radius 2 is 1.32 bits per heavy atom. The molecule has 0 N–H and O–H groups in total. The fourth-order valence-corrected chi connectivity index (χ4v) is 6.73. The van der Waals surface area contributed by atoms with E-state index in [1.54, 1.807) is 0 Å². The Morgan fingerprint density at radius 3 is 1.90 bits per heavy atom. The van der Waals surface area contributed by atoms with Crippen LogP contribution in [0.3, 0.4) is 0 Å². The van der Waals surface area contributed by atoms with Gasteiger partial charge < -0.3 is 23.5 Å². The molecule has 41 heavy (non-hydrogen) atoms. The van der Waals surface area contributed by atoms with E-state index in [0.717, 1.165) is 32.1 Å². The number of ether oxygens (including phenoxy) is 4. The summed E-state index contributed by atoms with van der Waals surface area (Å²) in [6.45, 7) is 4.24. The van der Waals surface area contributed by atoms with Crippen LogP contribution in [0.4, 0.5) is 0 Å². The van der Waals surface area contributed by atoms with Crippen molar-refractivity contribution < 1.29 is 18.9 Å². The van der Waals surface area contributed by atoms with Crippen LogP contribution in [0.2, 0.25) is 0 Å². The molecule has 3 heterocycles. The minimum Gasteiger partial charge on any atom is -0.358 e. The first-order chi connectivity index (χ1) is 19.9. The number of hydrogen-bond donors (Lipinski definition) is 0. The Hall–Kier alpha value is -3.26. The van der Waals surface area contributed by atoms with Gasteiger partial charge in [-0.3, -0.25) is 0 Å². The molecule has 4 atom stereocenters. The Bertz CT molecular complexity index is 1540. The molecule has 208 valence electrons. The summed E-state index contributed by atoms with van der Waals surface area (Å²) in [5.41, 5.74) is 3.39. The summed E-state index contributed by atoms with van der Waals surface area (Å²) in [6, 6.07) is 39.6. The number of fused-ring (bicyclic) bond motifs is 2. The molecule has 4 aromatic carbocycles. The Balaban J connectivity index is 1.28. The number of aromatic nitrogens is 1. The maximum atomic E-state index is 7.14. The molecule has 0 bridgehead atoms. The first-order valence-corrected chi connectivity index (χ1v) is 14.8. The summed E-state index contributed by atoms with van der Waals surface area (Å²) in [5, 5.41) is 1.13. The summed E-state index contributed by atoms with van der Waals surface area (Å²) in [5.74, 6) is -0.725. The summed E-state index contributed by atoms with van der Waals surface area (Å²) < 4.78 is 30.1. The van der Waals surface area contributed by atoms with Crippen molar-refractivity contribution in [3.05, 3.63) is 143 Å². The van der Waals surface area contributed by atoms with Crippen LogP contribution in [0.15, 0.2) is 126 Å². The van der Waals surface area contributed by atoms with E-state index in [2.05, 4.69) is 124 Å². The van der Waals surface area contributed by atoms with Crippen LogP contribution in [-0.4, -0.2) is 35.3 Å². The van der Waals surface area contributed by atoms with Crippen molar-refractivity contribution in [2.45, 2.75) is 49.8 Å². The fraction of sp³-hybridized carbons (Fsp3) is 0.257. The summed E-state index contributed by atoms with van der Waals surface area (Å²) >= 11 is 3.59. The van der Waals surface area contributed by atoms with Crippen molar-refractivity contribution in [1.82, 2.24) is 4.57 Å². The lowest BCUT2D eigenvalue weighted by atomic mass is 9.80. The zero-order chi connectivity index (χ0) is 28.0. The van der Waals surface area contributed by atoms with Gasteiger partial charge in [-0.15, -0.1) is 0 Å². The van der Waals surface area contributed by atoms with Crippen LogP contribution in [0.1, 0.15) is 36.8 Å². The van der Waals surface area contributed by atoms with Crippen LogP contribution >= 0.6 is 15.9 Å². The Labute approximate surface area is 248 Å². The highest BCUT2D eigenvalue weighted by molar-refractivity contribution is 9.10. The predicted octanol–water partition coefficient (Wildman–Crippen LogP) is 7.83. The Kier molecular flexibility index (Phi) is 6.84. The molecule has 0 saturated carbocycles. The molecule has 5 aromatic rings. The van der Waals surface area contributed by atoms with E-state index in [4.69, 9.17) is 18.9 Å². The van der Waals surface area contributed by atoms with Gasteiger partial charge in [-0.1, -0.05) is 107 Å². The lowest BCUT2D eigenvalue weighted by Gasteiger charge is -2.37. The smallest absolute Gasteiger partial charge is 0.164 e. The molecule has 0 amide bonds. The lowest BCUT2D eigenvalue weighted by molar-refractivity contribution is -0.204. The summed E-state index contributed by atoms with van der Waals surface area (Å²) in [6.07, 6.45) is 0.794. The number of hydrogen-bond acceptors (Lipinski definition) is 4. The van der Waals surface area contributed by atoms with E-state index >= 15 is 0 Å². The molecule has 6 heteroatoms. The van der Waals surface area contributed by atoms with Gasteiger partial charge in [0.25, 0.3) is 0 Å². The topological polar surface area (TPSA) is 41.9 Å². The number of nitrogens with zero attached hydrogens (tertiary/aromatic N) is 1. The normalized spacial score (nSPS) is 23.6. The third-order valence-corrected chi connectivity index (χ3v) is 8.58. The standard InChI is InChI=1S/C35H32BrNO4/c1-34(2)40-31-30(39-33(32(31)41-34)37-21-20-24-22-28(36)18-19-29(24)37)23-38-35(25-12-6-3-7-13-25,26-14-8-4-9-15-26)27-16-10-5-11-17-27/h3-22,30-33H,23H2,1-2H3/t30-,31-,32-,33+/m1/s1. The van der Waals surface area contributed by atoms with E-state index in [-0.39, 0.29) is 24.5 Å². The van der Waals surface area contributed by atoms with Gasteiger partial charge in [-0.05, 0) is 54.8 Å². The average molecular weight is 611 g/mol. The van der Waals surface area contributed by atoms with Crippen molar-refractivity contribution >= 4 is 26.8 Å². The van der Waals surface area contributed by atoms with Crippen LogP contribution in [-0.2, 0) is 24.5 Å². The predicted molar refractivity (Wildman–Crippen MR) is 163 cm³/mol. The molecule has 2 aliphatic rings. The highest BCUT2D eigenvalue weighted by Gasteiger charge is 2.56. The minimum absolute atomic E-state index is 0.280. The SMILES string of the molecule is CC1(C)O[C@@H]2[C@H](O1)[C@@H](COC(c1ccccc1)(c1ccccc1)c1ccccc1)O[C@@H]2n1ccc2cc(Br)ccc21. The molecule has 2 aliphatic heterocycles. The monoisotopic (exact) mass is 609 g/mol. The van der Waals surface area contributed by atoms with E-state index in [0.29, 0.717) is 6.61 Å². The summed E-state index contributed by atoms with van der Waals surface area (Å²) in [7, 11) is 0. The molecular formula is C35H32BrNO4. The first kappa shape index (κ1) is 26.6. The summed E-state index contributed by atoms with van der Waals surface area (Å²) in [4.78, 5) is 0. The Morgan fingerprint density at radius 1 is 0.756 bits per heavy atom. The van der Waals surface area contributed by atoms with E-state index < -0.39 is 11.4 Å². The van der Waals surface area contributed by atoms with Crippen LogP contribution < -0.4 is 0 Å². The van der Waals surface area contributed by atoms with Crippen molar-refractivity contribution in [3.8, 4) is 0 Å². The van der Waals surface area contributed by atoms with Crippen molar-refractivity contribution in [2.24, 2.45) is 0 Å². The quantitative estimate of drug-likeness (QED) is 0.176. The molecule has 7 rings (SSSR count). The zero-order valence-corrected chi connectivity index (χ0v) is 24.6.